The third-order valence-corrected chi connectivity index (χ3v) is 30.8. The summed E-state index contributed by atoms with van der Waals surface area (Å²) in [6.45, 7) is 0.237. The summed E-state index contributed by atoms with van der Waals surface area (Å²) in [6, 6.07) is 33.8. The molecule has 1 heterocycles. The Labute approximate surface area is 783 Å². The van der Waals surface area contributed by atoms with E-state index in [1.165, 1.54) is 121 Å². The lowest BCUT2D eigenvalue weighted by molar-refractivity contribution is -0.384. The van der Waals surface area contributed by atoms with Gasteiger partial charge in [0.1, 0.15) is 11.3 Å². The number of unbranched alkanes of at least 4 members (excludes halogenated alkanes) is 8. The number of methoxy groups -OCH3 is 1. The predicted octanol–water partition coefficient (Wildman–Crippen LogP) is 25.7. The highest BCUT2D eigenvalue weighted by molar-refractivity contribution is 9.11. The van der Waals surface area contributed by atoms with Gasteiger partial charge in [0.25, 0.3) is 5.69 Å². The van der Waals surface area contributed by atoms with Crippen molar-refractivity contribution in [3.63, 3.8) is 0 Å². The van der Waals surface area contributed by atoms with Crippen molar-refractivity contribution in [1.29, 1.82) is 5.26 Å². The van der Waals surface area contributed by atoms with E-state index in [0.29, 0.717) is 74.7 Å². The molecule has 8 aromatic rings. The highest BCUT2D eigenvalue weighted by Gasteiger charge is 2.55. The average molecular weight is 2320 g/mol. The number of aliphatic hydroxyl groups is 1. The molecule has 127 heavy (non-hydrogen) atoms. The Morgan fingerprint density at radius 1 is 0.409 bits per heavy atom. The third-order valence-electron chi connectivity index (χ3n) is 17.2. The maximum absolute atomic E-state index is 13.9. The van der Waals surface area contributed by atoms with E-state index in [2.05, 4.69) is 85.7 Å². The number of halogens is 18. The van der Waals surface area contributed by atoms with Crippen LogP contribution >= 0.6 is 176 Å². The lowest BCUT2D eigenvalue weighted by atomic mass is 10.1. The number of thioether (sulfide) groups is 5. The van der Waals surface area contributed by atoms with Crippen LogP contribution in [0.4, 0.5) is 62.8 Å². The van der Waals surface area contributed by atoms with Crippen LogP contribution in [-0.4, -0.2) is 96.1 Å². The number of nitrogens with zero attached hydrogens (tertiary/aromatic N) is 2. The number of rotatable bonds is 42. The normalized spacial score (nSPS) is 12.5. The van der Waals surface area contributed by atoms with Gasteiger partial charge in [-0.3, -0.25) is 32.9 Å². The Kier molecular flexibility index (Phi) is 47.8. The number of fused-ring (bicyclic) bond motifs is 1. The number of alkyl halides is 13. The molecule has 0 aliphatic heterocycles. The molecule has 0 aliphatic rings. The minimum absolute atomic E-state index is 0.00192. The Bertz CT molecular complexity index is 5310. The van der Waals surface area contributed by atoms with Crippen molar-refractivity contribution in [2.75, 3.05) is 31.0 Å². The van der Waals surface area contributed by atoms with Crippen LogP contribution in [0.3, 0.4) is 0 Å². The molecule has 1 aromatic heterocycles. The fourth-order valence-corrected chi connectivity index (χ4v) is 22.0. The minimum atomic E-state index is -5.65. The maximum atomic E-state index is 13.9. The van der Waals surface area contributed by atoms with Gasteiger partial charge in [-0.2, -0.15) is 121 Å². The van der Waals surface area contributed by atoms with Crippen molar-refractivity contribution >= 4 is 193 Å². The summed E-state index contributed by atoms with van der Waals surface area (Å²) in [4.78, 5) is 110. The zero-order chi connectivity index (χ0) is 96.0. The largest absolute Gasteiger partial charge is 0.497 e. The fourth-order valence-electron chi connectivity index (χ4n) is 10.5. The number of benzene rings is 7. The average Bonchev–Trinajstić information content (AvgIpc) is 0.795. The van der Waals surface area contributed by atoms with Crippen molar-refractivity contribution in [3.05, 3.63) is 249 Å². The first-order valence-corrected chi connectivity index (χ1v) is 54.5. The molecule has 0 bridgehead atoms. The molecule has 51 heteroatoms. The van der Waals surface area contributed by atoms with Crippen LogP contribution in [0.25, 0.3) is 11.0 Å². The minimum Gasteiger partial charge on any atom is -0.497 e. The second kappa shape index (κ2) is 52.5. The van der Waals surface area contributed by atoms with Crippen LogP contribution in [0.15, 0.2) is 171 Å². The van der Waals surface area contributed by atoms with Gasteiger partial charge in [-0.1, -0.05) is 185 Å². The van der Waals surface area contributed by atoms with Gasteiger partial charge in [-0.05, 0) is 131 Å². The molecule has 704 valence electrons. The number of nitro groups is 1. The van der Waals surface area contributed by atoms with E-state index in [-0.39, 0.29) is 46.8 Å². The summed E-state index contributed by atoms with van der Waals surface area (Å²) in [5.41, 5.74) is -20.0. The van der Waals surface area contributed by atoms with Crippen molar-refractivity contribution < 1.29 is 148 Å². The molecular weight excluding hydrogens is 2240 g/mol. The van der Waals surface area contributed by atoms with Crippen molar-refractivity contribution in [1.82, 2.24) is 0 Å². The molecular formula is C76H83Br5F13N2O21P5S5. The van der Waals surface area contributed by atoms with Crippen LogP contribution in [0, 0.1) is 21.4 Å². The van der Waals surface area contributed by atoms with Crippen LogP contribution in [0.2, 0.25) is 0 Å². The second-order valence-corrected chi connectivity index (χ2v) is 44.9. The van der Waals surface area contributed by atoms with Gasteiger partial charge in [-0.25, -0.2) is 4.79 Å². The number of nitro benzene ring substituents is 1. The topological polar surface area (TPSA) is 414 Å². The Hall–Kier alpha value is -3.61. The lowest BCUT2D eigenvalue weighted by Gasteiger charge is -2.19. The number of aliphatic hydroxyl groups excluding tert-OH is 1. The third kappa shape index (κ3) is 37.2. The first kappa shape index (κ1) is 116. The van der Waals surface area contributed by atoms with E-state index in [1.54, 1.807) is 53.9 Å². The summed E-state index contributed by atoms with van der Waals surface area (Å²) in [5.74, 6) is 6.23. The molecule has 7 aromatic carbocycles. The van der Waals surface area contributed by atoms with E-state index < -0.39 is 117 Å². The molecule has 0 fully saturated rings. The summed E-state index contributed by atoms with van der Waals surface area (Å²) >= 11 is 22.2. The van der Waals surface area contributed by atoms with E-state index in [4.69, 9.17) is 68.5 Å². The highest BCUT2D eigenvalue weighted by atomic mass is 79.9. The van der Waals surface area contributed by atoms with E-state index in [0.717, 1.165) is 127 Å². The fraction of sp³-hybridized carbons (Fsp3) is 0.395. The van der Waals surface area contributed by atoms with Crippen LogP contribution in [-0.2, 0) is 91.4 Å². The first-order chi connectivity index (χ1) is 58.8. The summed E-state index contributed by atoms with van der Waals surface area (Å²) < 4.78 is 238. The van der Waals surface area contributed by atoms with Gasteiger partial charge in [0.05, 0.1) is 18.1 Å². The van der Waals surface area contributed by atoms with E-state index in [9.17, 15) is 94.8 Å². The Morgan fingerprint density at radius 2 is 0.709 bits per heavy atom. The summed E-state index contributed by atoms with van der Waals surface area (Å²) in [6.07, 6.45) is 4.66. The van der Waals surface area contributed by atoms with Gasteiger partial charge in [0.15, 0.2) is 0 Å². The van der Waals surface area contributed by atoms with Crippen molar-refractivity contribution in [3.8, 4) is 11.8 Å². The predicted molar refractivity (Wildman–Crippen MR) is 485 cm³/mol. The van der Waals surface area contributed by atoms with Gasteiger partial charge in [0.2, 0.25) is 0 Å². The molecule has 0 saturated carbocycles. The monoisotopic (exact) mass is 2320 g/mol. The summed E-state index contributed by atoms with van der Waals surface area (Å²) in [5, 5.41) is 28.5. The Balaban J connectivity index is 0.000000334. The number of nitriles is 1. The molecule has 8 rings (SSSR count). The molecule has 0 spiro atoms. The molecule has 0 radical (unpaired) electrons. The standard InChI is InChI=1S/C19H16BrF2O6PS.C15H13BrF2NO5PS.C15H19BrF2NO3PS.C15H22BrF2O4PS.C12H13BrF5O3PS/c1-27-13-3-4-14-12(7-18(23)28-17(14)8-13)10-30-9-11-2-5-15(16(20)6-11)19(21,22)29(24,25)26;16-14-7-11(3-6-13(14)15(17,18)25(22,23)24)9-26-8-10-1-4-12(5-2-10)19(20)21;2*16-14-10-12(11-24-9-5-3-1-2-4-8-19)6-7-13(14)15(17,18)23(20,21)22;13-10-6-8(7-23-5-1-4-11(14,15)16)2-3-9(10)12(17,18)22(19,20)21/h2-8H,9-10H2,1H3,(H2,24,25,26);1-7H,8-9H2,(H2,22,23,24);6-7,10H,1-5,9,11H2,(H2,20,21,22);6-7,10,19H,1-5,8-9,11H2,(H2,20,21,22);2-3,6H,1,4-5,7H2,(H2,19,20,21). The molecule has 11 N–H and O–H groups in total. The van der Waals surface area contributed by atoms with Gasteiger partial charge < -0.3 is 63.2 Å². The van der Waals surface area contributed by atoms with Gasteiger partial charge in [-0.15, -0.1) is 0 Å². The number of hydrogen-bond acceptors (Lipinski definition) is 17. The smallest absolute Gasteiger partial charge is 0.399 e. The molecule has 23 nitrogen and oxygen atoms in total. The quantitative estimate of drug-likeness (QED) is 0.00423. The van der Waals surface area contributed by atoms with E-state index in [1.807, 2.05) is 0 Å². The van der Waals surface area contributed by atoms with Crippen LogP contribution < -0.4 is 10.4 Å². The molecule has 0 aliphatic carbocycles. The summed E-state index contributed by atoms with van der Waals surface area (Å²) in [7, 11) is -26.5. The highest BCUT2D eigenvalue weighted by Crippen LogP contribution is 2.65. The number of ether oxygens (including phenoxy) is 1. The number of hydrogen-bond donors (Lipinski definition) is 11. The lowest BCUT2D eigenvalue weighted by Crippen LogP contribution is -2.14. The second-order valence-electron chi connectivity index (χ2n) is 27.0. The SMILES string of the molecule is COc1ccc2c(CSCc3ccc(C(F)(F)P(=O)(O)O)c(Br)c3)cc(=O)oc2c1.N#CCCCCCCSCc1ccc(C(F)(F)P(=O)(O)O)c(Br)c1.O=P(O)(O)C(F)(F)c1ccc(CSCCCC(F)(F)F)cc1Br.O=P(O)(O)C(F)(F)c1ccc(CSCCCCCCCO)cc1Br.O=[N+]([O-])c1ccc(CSCc2ccc(C(F)(F)P(=O)(O)O)c(Br)c2)cc1. The van der Waals surface area contributed by atoms with Crippen LogP contribution in [0.5, 0.6) is 5.75 Å². The maximum Gasteiger partial charge on any atom is 0.399 e. The molecule has 0 atom stereocenters. The molecule has 0 saturated heterocycles. The van der Waals surface area contributed by atoms with Gasteiger partial charge >= 0.3 is 78.1 Å². The zero-order valence-corrected chi connectivity index (χ0v) is 82.5. The van der Waals surface area contributed by atoms with Gasteiger partial charge in [0, 0.05) is 140 Å². The Morgan fingerprint density at radius 3 is 1.02 bits per heavy atom. The van der Waals surface area contributed by atoms with Crippen molar-refractivity contribution in [2.24, 2.45) is 0 Å². The van der Waals surface area contributed by atoms with E-state index >= 15 is 0 Å². The molecule has 0 amide bonds. The number of non-ortho nitro benzene ring substituents is 1. The zero-order valence-electron chi connectivity index (χ0n) is 66.0. The first-order valence-electron chi connectivity index (χ1n) is 36.7. The van der Waals surface area contributed by atoms with Crippen molar-refractivity contribution in [2.45, 2.75) is 152 Å². The molecule has 0 unspecified atom stereocenters. The van der Waals surface area contributed by atoms with Crippen LogP contribution in [0.1, 0.15) is 144 Å².